The molecular formula is C10H15BrN2. The van der Waals surface area contributed by atoms with Gasteiger partial charge < -0.3 is 0 Å². The first kappa shape index (κ1) is 10.6. The maximum absolute atomic E-state index is 4.46. The molecule has 0 amide bonds. The fourth-order valence-electron chi connectivity index (χ4n) is 1.24. The van der Waals surface area contributed by atoms with Gasteiger partial charge in [-0.3, -0.25) is 0 Å². The fourth-order valence-corrected chi connectivity index (χ4v) is 1.99. The van der Waals surface area contributed by atoms with Gasteiger partial charge >= 0.3 is 0 Å². The summed E-state index contributed by atoms with van der Waals surface area (Å²) in [4.78, 5) is 8.87. The first-order chi connectivity index (χ1) is 6.06. The molecule has 0 bridgehead atoms. The van der Waals surface area contributed by atoms with E-state index in [1.165, 1.54) is 5.56 Å². The molecule has 13 heavy (non-hydrogen) atoms. The van der Waals surface area contributed by atoms with Crippen LogP contribution in [0.4, 0.5) is 0 Å². The number of hydrogen-bond acceptors (Lipinski definition) is 2. The van der Waals surface area contributed by atoms with Gasteiger partial charge in [0.25, 0.3) is 0 Å². The summed E-state index contributed by atoms with van der Waals surface area (Å²) in [6.07, 6.45) is 0.977. The van der Waals surface area contributed by atoms with Gasteiger partial charge in [-0.15, -0.1) is 0 Å². The van der Waals surface area contributed by atoms with Gasteiger partial charge in [-0.05, 0) is 29.3 Å². The third-order valence-corrected chi connectivity index (χ3v) is 2.71. The lowest BCUT2D eigenvalue weighted by Crippen LogP contribution is -2.03. The lowest BCUT2D eigenvalue weighted by Gasteiger charge is -2.09. The summed E-state index contributed by atoms with van der Waals surface area (Å²) in [7, 11) is 0. The molecule has 1 aromatic heterocycles. The van der Waals surface area contributed by atoms with E-state index in [4.69, 9.17) is 0 Å². The molecule has 0 radical (unpaired) electrons. The molecule has 2 nitrogen and oxygen atoms in total. The van der Waals surface area contributed by atoms with Crippen LogP contribution in [0.1, 0.15) is 43.8 Å². The number of rotatable bonds is 2. The van der Waals surface area contributed by atoms with Gasteiger partial charge in [-0.2, -0.15) is 0 Å². The van der Waals surface area contributed by atoms with E-state index in [-0.39, 0.29) is 0 Å². The summed E-state index contributed by atoms with van der Waals surface area (Å²) in [6, 6.07) is 0. The highest BCUT2D eigenvalue weighted by Gasteiger charge is 2.09. The van der Waals surface area contributed by atoms with Crippen molar-refractivity contribution in [2.24, 2.45) is 0 Å². The average Bonchev–Trinajstić information content (AvgIpc) is 2.03. The van der Waals surface area contributed by atoms with Gasteiger partial charge in [0.05, 0.1) is 0 Å². The Morgan fingerprint density at radius 3 is 2.31 bits per heavy atom. The molecule has 0 aliphatic heterocycles. The Kier molecular flexibility index (Phi) is 3.42. The van der Waals surface area contributed by atoms with Gasteiger partial charge in [-0.25, -0.2) is 9.97 Å². The molecule has 3 heteroatoms. The second kappa shape index (κ2) is 4.18. The summed E-state index contributed by atoms with van der Waals surface area (Å²) in [5.74, 6) is 1.31. The first-order valence-electron chi connectivity index (χ1n) is 4.59. The monoisotopic (exact) mass is 242 g/mol. The molecular weight excluding hydrogens is 228 g/mol. The number of aryl methyl sites for hydroxylation is 1. The standard InChI is InChI=1S/C10H15BrN2/c1-5-8-7(4)12-10(6(2)3)13-9(8)11/h6H,5H2,1-4H3. The number of hydrogen-bond donors (Lipinski definition) is 0. The van der Waals surface area contributed by atoms with E-state index in [2.05, 4.69) is 46.7 Å². The third-order valence-electron chi connectivity index (χ3n) is 2.05. The zero-order valence-electron chi connectivity index (χ0n) is 8.56. The Morgan fingerprint density at radius 2 is 1.92 bits per heavy atom. The predicted octanol–water partition coefficient (Wildman–Crippen LogP) is 3.23. The molecule has 0 atom stereocenters. The van der Waals surface area contributed by atoms with Crippen LogP contribution in [0.25, 0.3) is 0 Å². The fraction of sp³-hybridized carbons (Fsp3) is 0.600. The van der Waals surface area contributed by atoms with Crippen LogP contribution < -0.4 is 0 Å². The van der Waals surface area contributed by atoms with Crippen molar-refractivity contribution in [3.8, 4) is 0 Å². The molecule has 0 aliphatic carbocycles. The largest absolute Gasteiger partial charge is 0.238 e. The molecule has 0 aliphatic rings. The SMILES string of the molecule is CCc1c(C)nc(C(C)C)nc1Br. The van der Waals surface area contributed by atoms with Crippen LogP contribution in [0.15, 0.2) is 4.60 Å². The van der Waals surface area contributed by atoms with E-state index < -0.39 is 0 Å². The van der Waals surface area contributed by atoms with E-state index in [0.717, 1.165) is 22.5 Å². The molecule has 1 heterocycles. The smallest absolute Gasteiger partial charge is 0.132 e. The summed E-state index contributed by atoms with van der Waals surface area (Å²) in [5, 5.41) is 0. The number of aromatic nitrogens is 2. The Hall–Kier alpha value is -0.440. The van der Waals surface area contributed by atoms with Gasteiger partial charge in [-0.1, -0.05) is 20.8 Å². The summed E-state index contributed by atoms with van der Waals surface area (Å²) in [6.45, 7) is 8.36. The highest BCUT2D eigenvalue weighted by atomic mass is 79.9. The van der Waals surface area contributed by atoms with Crippen LogP contribution in [-0.2, 0) is 6.42 Å². The van der Waals surface area contributed by atoms with Gasteiger partial charge in [0, 0.05) is 17.2 Å². The summed E-state index contributed by atoms with van der Waals surface area (Å²) < 4.78 is 0.950. The number of halogens is 1. The third kappa shape index (κ3) is 2.27. The minimum atomic E-state index is 0.390. The lowest BCUT2D eigenvalue weighted by atomic mass is 10.1. The number of nitrogens with zero attached hydrogens (tertiary/aromatic N) is 2. The molecule has 0 N–H and O–H groups in total. The normalized spacial score (nSPS) is 10.9. The van der Waals surface area contributed by atoms with E-state index in [1.54, 1.807) is 0 Å². The van der Waals surface area contributed by atoms with Crippen molar-refractivity contribution in [1.29, 1.82) is 0 Å². The zero-order chi connectivity index (χ0) is 10.0. The van der Waals surface area contributed by atoms with Crippen LogP contribution in [0.3, 0.4) is 0 Å². The lowest BCUT2D eigenvalue weighted by molar-refractivity contribution is 0.752. The van der Waals surface area contributed by atoms with Crippen molar-refractivity contribution < 1.29 is 0 Å². The van der Waals surface area contributed by atoms with Crippen LogP contribution in [0, 0.1) is 6.92 Å². The predicted molar refractivity (Wildman–Crippen MR) is 57.9 cm³/mol. The van der Waals surface area contributed by atoms with Crippen LogP contribution >= 0.6 is 15.9 Å². The topological polar surface area (TPSA) is 25.8 Å². The first-order valence-corrected chi connectivity index (χ1v) is 5.38. The Morgan fingerprint density at radius 1 is 1.31 bits per heavy atom. The van der Waals surface area contributed by atoms with Crippen LogP contribution in [0.5, 0.6) is 0 Å². The van der Waals surface area contributed by atoms with E-state index in [0.29, 0.717) is 5.92 Å². The van der Waals surface area contributed by atoms with Crippen molar-refractivity contribution in [1.82, 2.24) is 9.97 Å². The van der Waals surface area contributed by atoms with Crippen LogP contribution in [0.2, 0.25) is 0 Å². The van der Waals surface area contributed by atoms with E-state index in [9.17, 15) is 0 Å². The van der Waals surface area contributed by atoms with Crippen molar-refractivity contribution in [2.75, 3.05) is 0 Å². The molecule has 0 saturated heterocycles. The maximum atomic E-state index is 4.46. The highest BCUT2D eigenvalue weighted by molar-refractivity contribution is 9.10. The van der Waals surface area contributed by atoms with Gasteiger partial charge in [0.2, 0.25) is 0 Å². The Labute approximate surface area is 87.9 Å². The molecule has 0 fully saturated rings. The quantitative estimate of drug-likeness (QED) is 0.745. The van der Waals surface area contributed by atoms with Gasteiger partial charge in [0.15, 0.2) is 0 Å². The highest BCUT2D eigenvalue weighted by Crippen LogP contribution is 2.20. The summed E-state index contributed by atoms with van der Waals surface area (Å²) in [5.41, 5.74) is 2.30. The van der Waals surface area contributed by atoms with Crippen molar-refractivity contribution in [2.45, 2.75) is 40.0 Å². The summed E-state index contributed by atoms with van der Waals surface area (Å²) >= 11 is 3.48. The van der Waals surface area contributed by atoms with E-state index >= 15 is 0 Å². The van der Waals surface area contributed by atoms with Gasteiger partial charge in [0.1, 0.15) is 10.4 Å². The molecule has 1 rings (SSSR count). The molecule has 72 valence electrons. The molecule has 0 aromatic carbocycles. The zero-order valence-corrected chi connectivity index (χ0v) is 10.1. The molecule has 0 spiro atoms. The Balaban J connectivity index is 3.20. The van der Waals surface area contributed by atoms with Crippen LogP contribution in [-0.4, -0.2) is 9.97 Å². The average molecular weight is 243 g/mol. The molecule has 0 unspecified atom stereocenters. The van der Waals surface area contributed by atoms with E-state index in [1.807, 2.05) is 6.92 Å². The molecule has 1 aromatic rings. The Bertz CT molecular complexity index is 285. The minimum Gasteiger partial charge on any atom is -0.238 e. The minimum absolute atomic E-state index is 0.390. The second-order valence-electron chi connectivity index (χ2n) is 3.44. The van der Waals surface area contributed by atoms with Crippen molar-refractivity contribution >= 4 is 15.9 Å². The maximum Gasteiger partial charge on any atom is 0.132 e. The second-order valence-corrected chi connectivity index (χ2v) is 4.20. The molecule has 0 saturated carbocycles. The van der Waals surface area contributed by atoms with Crippen molar-refractivity contribution in [3.05, 3.63) is 21.7 Å². The van der Waals surface area contributed by atoms with Crippen molar-refractivity contribution in [3.63, 3.8) is 0 Å².